The second-order valence-corrected chi connectivity index (χ2v) is 10.9. The van der Waals surface area contributed by atoms with Gasteiger partial charge in [0.25, 0.3) is 5.56 Å². The standard InChI is InChI=1S/C21H22N2O5S2/c1-21(2,3)28-18(24)10-9-13-11-15(22-17(12-13)30(4,26)27)20-23-19(25)14-7-5-6-8-16(14)29-20/h5-8,11-12H,9-10H2,1-4H3. The van der Waals surface area contributed by atoms with Gasteiger partial charge in [-0.05, 0) is 57.0 Å². The number of carbonyl (C=O) groups excluding carboxylic acids is 1. The van der Waals surface area contributed by atoms with Gasteiger partial charge in [-0.1, -0.05) is 12.1 Å². The van der Waals surface area contributed by atoms with Gasteiger partial charge in [-0.15, -0.1) is 11.3 Å². The van der Waals surface area contributed by atoms with E-state index in [0.717, 1.165) is 11.0 Å². The van der Waals surface area contributed by atoms with Crippen LogP contribution < -0.4 is 5.56 Å². The first-order valence-corrected chi connectivity index (χ1v) is 12.0. The van der Waals surface area contributed by atoms with Gasteiger partial charge in [-0.25, -0.2) is 13.4 Å². The van der Waals surface area contributed by atoms with Crippen LogP contribution in [0.4, 0.5) is 0 Å². The van der Waals surface area contributed by atoms with Crippen LogP contribution in [0.25, 0.3) is 20.8 Å². The lowest BCUT2D eigenvalue weighted by Crippen LogP contribution is -2.24. The average Bonchev–Trinajstić information content (AvgIpc) is 2.64. The van der Waals surface area contributed by atoms with E-state index in [2.05, 4.69) is 9.97 Å². The number of esters is 1. The van der Waals surface area contributed by atoms with Crippen molar-refractivity contribution in [2.24, 2.45) is 0 Å². The third kappa shape index (κ3) is 5.48. The van der Waals surface area contributed by atoms with E-state index in [1.54, 1.807) is 45.0 Å². The molecule has 30 heavy (non-hydrogen) atoms. The number of pyridine rings is 1. The Morgan fingerprint density at radius 3 is 2.50 bits per heavy atom. The first-order valence-electron chi connectivity index (χ1n) is 9.25. The highest BCUT2D eigenvalue weighted by atomic mass is 32.2. The molecule has 158 valence electrons. The zero-order chi connectivity index (χ0) is 22.1. The van der Waals surface area contributed by atoms with E-state index >= 15 is 0 Å². The molecule has 0 atom stereocenters. The lowest BCUT2D eigenvalue weighted by atomic mass is 10.1. The number of hydrogen-bond acceptors (Lipinski definition) is 8. The van der Waals surface area contributed by atoms with Gasteiger partial charge in [0.15, 0.2) is 14.9 Å². The first-order chi connectivity index (χ1) is 13.9. The fourth-order valence-corrected chi connectivity index (χ4v) is 4.35. The molecule has 1 aromatic carbocycles. The number of hydrogen-bond donors (Lipinski definition) is 0. The zero-order valence-electron chi connectivity index (χ0n) is 17.1. The zero-order valence-corrected chi connectivity index (χ0v) is 18.8. The van der Waals surface area contributed by atoms with Crippen molar-refractivity contribution in [2.75, 3.05) is 6.26 Å². The molecule has 9 heteroatoms. The van der Waals surface area contributed by atoms with Crippen molar-refractivity contribution in [3.8, 4) is 10.7 Å². The molecule has 0 radical (unpaired) electrons. The fourth-order valence-electron chi connectivity index (χ4n) is 2.76. The van der Waals surface area contributed by atoms with E-state index < -0.39 is 21.0 Å². The van der Waals surface area contributed by atoms with Crippen LogP contribution in [-0.4, -0.2) is 36.2 Å². The summed E-state index contributed by atoms with van der Waals surface area (Å²) in [5, 5.41) is 0.687. The van der Waals surface area contributed by atoms with E-state index in [-0.39, 0.29) is 29.5 Å². The molecular weight excluding hydrogens is 424 g/mol. The predicted octanol–water partition coefficient (Wildman–Crippen LogP) is 3.40. The number of sulfone groups is 1. The summed E-state index contributed by atoms with van der Waals surface area (Å²) in [6, 6.07) is 10.2. The molecule has 0 N–H and O–H groups in total. The van der Waals surface area contributed by atoms with Gasteiger partial charge in [-0.3, -0.25) is 9.59 Å². The molecule has 2 heterocycles. The Morgan fingerprint density at radius 1 is 1.13 bits per heavy atom. The quantitative estimate of drug-likeness (QED) is 0.553. The molecule has 0 spiro atoms. The molecule has 2 aromatic heterocycles. The number of benzene rings is 1. The lowest BCUT2D eigenvalue weighted by molar-refractivity contribution is -0.154. The van der Waals surface area contributed by atoms with Crippen molar-refractivity contribution >= 4 is 37.2 Å². The Morgan fingerprint density at radius 2 is 1.83 bits per heavy atom. The number of aromatic nitrogens is 2. The summed E-state index contributed by atoms with van der Waals surface area (Å²) in [6.45, 7) is 5.35. The van der Waals surface area contributed by atoms with Crippen molar-refractivity contribution in [3.05, 3.63) is 52.3 Å². The van der Waals surface area contributed by atoms with Crippen molar-refractivity contribution in [3.63, 3.8) is 0 Å². The van der Waals surface area contributed by atoms with Gasteiger partial charge in [0, 0.05) is 17.4 Å². The van der Waals surface area contributed by atoms with Crippen LogP contribution in [0.3, 0.4) is 0 Å². The summed E-state index contributed by atoms with van der Waals surface area (Å²) in [6.07, 6.45) is 1.42. The molecule has 0 aliphatic carbocycles. The van der Waals surface area contributed by atoms with Crippen LogP contribution in [0.1, 0.15) is 32.8 Å². The van der Waals surface area contributed by atoms with Crippen molar-refractivity contribution < 1.29 is 17.9 Å². The van der Waals surface area contributed by atoms with Gasteiger partial charge >= 0.3 is 5.97 Å². The van der Waals surface area contributed by atoms with E-state index in [1.807, 2.05) is 6.07 Å². The largest absolute Gasteiger partial charge is 0.460 e. The second-order valence-electron chi connectivity index (χ2n) is 7.88. The van der Waals surface area contributed by atoms with Gasteiger partial charge in [0.2, 0.25) is 0 Å². The van der Waals surface area contributed by atoms with Crippen LogP contribution in [0, 0.1) is 0 Å². The van der Waals surface area contributed by atoms with Gasteiger partial charge in [-0.2, -0.15) is 4.98 Å². The van der Waals surface area contributed by atoms with Crippen molar-refractivity contribution in [2.45, 2.75) is 44.2 Å². The van der Waals surface area contributed by atoms with Crippen LogP contribution in [0.2, 0.25) is 0 Å². The Labute approximate surface area is 178 Å². The van der Waals surface area contributed by atoms with E-state index in [9.17, 15) is 18.0 Å². The number of carbonyl (C=O) groups is 1. The van der Waals surface area contributed by atoms with E-state index in [0.29, 0.717) is 16.0 Å². The highest BCUT2D eigenvalue weighted by molar-refractivity contribution is 7.90. The number of ether oxygens (including phenoxy) is 1. The van der Waals surface area contributed by atoms with Crippen LogP contribution in [0.5, 0.6) is 0 Å². The van der Waals surface area contributed by atoms with E-state index in [1.165, 1.54) is 17.4 Å². The molecule has 0 unspecified atom stereocenters. The minimum atomic E-state index is -3.60. The average molecular weight is 447 g/mol. The van der Waals surface area contributed by atoms with Crippen molar-refractivity contribution in [1.29, 1.82) is 0 Å². The molecule has 0 bridgehead atoms. The fraction of sp³-hybridized carbons (Fsp3) is 0.333. The van der Waals surface area contributed by atoms with Gasteiger partial charge in [0.05, 0.1) is 5.39 Å². The number of aryl methyl sites for hydroxylation is 1. The molecule has 3 aromatic rings. The lowest BCUT2D eigenvalue weighted by Gasteiger charge is -2.19. The summed E-state index contributed by atoms with van der Waals surface area (Å²) < 4.78 is 30.3. The Balaban J connectivity index is 2.02. The highest BCUT2D eigenvalue weighted by Crippen LogP contribution is 2.27. The molecule has 0 aliphatic rings. The third-order valence-electron chi connectivity index (χ3n) is 4.03. The van der Waals surface area contributed by atoms with Gasteiger partial charge < -0.3 is 4.74 Å². The summed E-state index contributed by atoms with van der Waals surface area (Å²) in [5.41, 5.74) is -0.119. The van der Waals surface area contributed by atoms with Gasteiger partial charge in [0.1, 0.15) is 16.3 Å². The Kier molecular flexibility index (Phi) is 6.05. The summed E-state index contributed by atoms with van der Waals surface area (Å²) in [5.74, 6) is -0.379. The molecule has 0 aliphatic heterocycles. The molecule has 0 saturated heterocycles. The third-order valence-corrected chi connectivity index (χ3v) is 6.06. The summed E-state index contributed by atoms with van der Waals surface area (Å²) in [7, 11) is -3.60. The highest BCUT2D eigenvalue weighted by Gasteiger charge is 2.18. The molecular formula is C21H22N2O5S2. The maximum atomic E-state index is 12.4. The molecule has 0 saturated carbocycles. The smallest absolute Gasteiger partial charge is 0.306 e. The first kappa shape index (κ1) is 22.0. The number of rotatable bonds is 5. The molecule has 0 fully saturated rings. The molecule has 3 rings (SSSR count). The second kappa shape index (κ2) is 8.23. The molecule has 7 nitrogen and oxygen atoms in total. The summed E-state index contributed by atoms with van der Waals surface area (Å²) >= 11 is 1.25. The van der Waals surface area contributed by atoms with Crippen LogP contribution in [-0.2, 0) is 25.8 Å². The minimum Gasteiger partial charge on any atom is -0.460 e. The Hall–Kier alpha value is -2.65. The number of nitrogens with zero attached hydrogens (tertiary/aromatic N) is 2. The SMILES string of the molecule is CC(C)(C)OC(=O)CCc1cc(-c2nc(=O)c3ccccc3s2)nc(S(C)(=O)=O)c1. The van der Waals surface area contributed by atoms with E-state index in [4.69, 9.17) is 4.74 Å². The van der Waals surface area contributed by atoms with Crippen LogP contribution >= 0.6 is 11.3 Å². The van der Waals surface area contributed by atoms with Crippen molar-refractivity contribution in [1.82, 2.24) is 9.97 Å². The summed E-state index contributed by atoms with van der Waals surface area (Å²) in [4.78, 5) is 32.7. The monoisotopic (exact) mass is 446 g/mol. The normalized spacial score (nSPS) is 12.1. The minimum absolute atomic E-state index is 0.0886. The Bertz CT molecular complexity index is 1270. The maximum absolute atomic E-state index is 12.4. The van der Waals surface area contributed by atoms with Crippen LogP contribution in [0.15, 0.2) is 46.2 Å². The predicted molar refractivity (Wildman–Crippen MR) is 116 cm³/mol. The number of fused-ring (bicyclic) bond motifs is 1. The maximum Gasteiger partial charge on any atom is 0.306 e. The molecule has 0 amide bonds. The topological polar surface area (TPSA) is 103 Å².